The van der Waals surface area contributed by atoms with Gasteiger partial charge in [-0.25, -0.2) is 13.2 Å². The highest BCUT2D eigenvalue weighted by Gasteiger charge is 2.30. The maximum Gasteiger partial charge on any atom is 0.368 e. The molecule has 0 unspecified atom stereocenters. The molecule has 1 aliphatic carbocycles. The quantitative estimate of drug-likeness (QED) is 0.158. The number of hydrogen-bond donors (Lipinski definition) is 4. The van der Waals surface area contributed by atoms with Gasteiger partial charge in [-0.2, -0.15) is 9.36 Å². The van der Waals surface area contributed by atoms with Gasteiger partial charge in [-0.1, -0.05) is 31.0 Å². The third-order valence-electron chi connectivity index (χ3n) is 7.78. The minimum Gasteiger partial charge on any atom is -0.390 e. The van der Waals surface area contributed by atoms with Crippen LogP contribution in [0.25, 0.3) is 5.69 Å². The molecule has 228 valence electrons. The maximum atomic E-state index is 13.0. The number of aliphatic hydroxyl groups excluding tert-OH is 1. The third-order valence-corrected chi connectivity index (χ3v) is 9.18. The third kappa shape index (κ3) is 7.93. The van der Waals surface area contributed by atoms with Crippen LogP contribution >= 0.6 is 0 Å². The first-order chi connectivity index (χ1) is 20.7. The van der Waals surface area contributed by atoms with Crippen LogP contribution in [0.2, 0.25) is 0 Å². The zero-order valence-corrected chi connectivity index (χ0v) is 24.7. The number of aromatic nitrogens is 5. The average Bonchev–Trinajstić information content (AvgIpc) is 3.61. The molecule has 4 N–H and O–H groups in total. The molecule has 0 aliphatic heterocycles. The van der Waals surface area contributed by atoms with E-state index in [1.165, 1.54) is 28.9 Å². The van der Waals surface area contributed by atoms with E-state index in [9.17, 15) is 23.4 Å². The lowest BCUT2D eigenvalue weighted by atomic mass is 9.96. The van der Waals surface area contributed by atoms with Gasteiger partial charge in [0.15, 0.2) is 0 Å². The molecule has 1 aliphatic rings. The summed E-state index contributed by atoms with van der Waals surface area (Å²) >= 11 is 0. The minimum atomic E-state index is -3.86. The first-order valence-electron chi connectivity index (χ1n) is 14.5. The Kier molecular flexibility index (Phi) is 9.65. The van der Waals surface area contributed by atoms with Crippen LogP contribution in [0.15, 0.2) is 82.7 Å². The fourth-order valence-corrected chi connectivity index (χ4v) is 6.36. The molecule has 1 fully saturated rings. The number of nitrogens with zero attached hydrogens (tertiary/aromatic N) is 5. The second-order valence-electron chi connectivity index (χ2n) is 11.0. The zero-order valence-electron chi connectivity index (χ0n) is 23.8. The predicted octanol–water partition coefficient (Wildman–Crippen LogP) is 2.58. The van der Waals surface area contributed by atoms with E-state index in [0.717, 1.165) is 41.5 Å². The number of sulfonamides is 1. The summed E-state index contributed by atoms with van der Waals surface area (Å²) in [6.45, 7) is 1.40. The highest BCUT2D eigenvalue weighted by atomic mass is 32.2. The molecule has 1 atom stereocenters. The van der Waals surface area contributed by atoms with Crippen molar-refractivity contribution in [2.45, 2.75) is 68.1 Å². The lowest BCUT2D eigenvalue weighted by Gasteiger charge is -2.21. The van der Waals surface area contributed by atoms with Crippen molar-refractivity contribution < 1.29 is 18.6 Å². The van der Waals surface area contributed by atoms with Crippen LogP contribution < -0.4 is 15.7 Å². The van der Waals surface area contributed by atoms with Crippen LogP contribution in [-0.2, 0) is 23.0 Å². The molecule has 2 aromatic carbocycles. The van der Waals surface area contributed by atoms with Crippen LogP contribution in [0.3, 0.4) is 0 Å². The van der Waals surface area contributed by atoms with Crippen molar-refractivity contribution in [2.75, 3.05) is 17.8 Å². The fraction of sp³-hybridized carbons (Fsp3) is 0.400. The van der Waals surface area contributed by atoms with E-state index in [1.54, 1.807) is 30.6 Å². The molecular formula is C30H37N7O5S. The monoisotopic (exact) mass is 607 g/mol. The lowest BCUT2D eigenvalue weighted by molar-refractivity contribution is 0.0353. The van der Waals surface area contributed by atoms with Crippen LogP contribution in [0.1, 0.15) is 55.8 Å². The number of tetrazole rings is 1. The molecule has 0 saturated heterocycles. The van der Waals surface area contributed by atoms with Gasteiger partial charge in [-0.15, -0.1) is 0 Å². The van der Waals surface area contributed by atoms with Crippen LogP contribution in [0, 0.1) is 0 Å². The fourth-order valence-electron chi connectivity index (χ4n) is 5.30. The summed E-state index contributed by atoms with van der Waals surface area (Å²) in [5.41, 5.74) is 1.53. The van der Waals surface area contributed by atoms with Crippen LogP contribution in [-0.4, -0.2) is 62.1 Å². The Labute approximate surface area is 250 Å². The molecule has 0 radical (unpaired) electrons. The van der Waals surface area contributed by atoms with Crippen molar-refractivity contribution in [1.82, 2.24) is 30.1 Å². The number of anilines is 1. The molecule has 12 nitrogen and oxygen atoms in total. The first kappa shape index (κ1) is 30.5. The second kappa shape index (κ2) is 13.6. The average molecular weight is 608 g/mol. The molecule has 5 rings (SSSR count). The standard InChI is InChI=1S/C30H37N7O5S/c38-28(24-5-3-18-31-21-24)22-32-19-14-23-6-8-25(9-7-23)33-43(41,42)27-12-10-26(11-13-27)37-29(39)36(34-35-37)20-4-17-30(40)15-1-2-16-30/h3,5-13,18,21,28,32-33,38,40H,1-2,4,14-17,19-20,22H2/t28-/m0/s1. The summed E-state index contributed by atoms with van der Waals surface area (Å²) in [6.07, 6.45) is 8.25. The molecule has 1 saturated carbocycles. The lowest BCUT2D eigenvalue weighted by Crippen LogP contribution is -2.27. The number of rotatable bonds is 14. The van der Waals surface area contributed by atoms with Crippen molar-refractivity contribution in [1.29, 1.82) is 0 Å². The molecule has 4 aromatic rings. The highest BCUT2D eigenvalue weighted by Crippen LogP contribution is 2.33. The van der Waals surface area contributed by atoms with E-state index >= 15 is 0 Å². The van der Waals surface area contributed by atoms with E-state index in [4.69, 9.17) is 0 Å². The first-order valence-corrected chi connectivity index (χ1v) is 16.0. The van der Waals surface area contributed by atoms with Gasteiger partial charge in [-0.05, 0) is 97.1 Å². The molecule has 43 heavy (non-hydrogen) atoms. The van der Waals surface area contributed by atoms with Crippen molar-refractivity contribution in [3.05, 3.63) is 94.7 Å². The number of benzene rings is 2. The van der Waals surface area contributed by atoms with E-state index in [1.807, 2.05) is 18.2 Å². The Balaban J connectivity index is 1.11. The van der Waals surface area contributed by atoms with Crippen molar-refractivity contribution in [3.63, 3.8) is 0 Å². The summed E-state index contributed by atoms with van der Waals surface area (Å²) < 4.78 is 30.9. The Hall–Kier alpha value is -3.91. The number of hydrogen-bond acceptors (Lipinski definition) is 9. The molecule has 2 aromatic heterocycles. The summed E-state index contributed by atoms with van der Waals surface area (Å²) in [6, 6.07) is 16.6. The van der Waals surface area contributed by atoms with Gasteiger partial charge in [0.1, 0.15) is 0 Å². The number of pyridine rings is 1. The van der Waals surface area contributed by atoms with Crippen LogP contribution in [0.4, 0.5) is 5.69 Å². The maximum absolute atomic E-state index is 13.0. The summed E-state index contributed by atoms with van der Waals surface area (Å²) in [5.74, 6) is 0. The number of nitrogens with one attached hydrogen (secondary N) is 2. The highest BCUT2D eigenvalue weighted by molar-refractivity contribution is 7.92. The largest absolute Gasteiger partial charge is 0.390 e. The summed E-state index contributed by atoms with van der Waals surface area (Å²) in [7, 11) is -3.86. The summed E-state index contributed by atoms with van der Waals surface area (Å²) in [5, 5.41) is 31.8. The molecule has 2 heterocycles. The molecule has 0 bridgehead atoms. The van der Waals surface area contributed by atoms with Gasteiger partial charge >= 0.3 is 5.69 Å². The van der Waals surface area contributed by atoms with Gasteiger partial charge in [0, 0.05) is 36.7 Å². The molecule has 13 heteroatoms. The Morgan fingerprint density at radius 1 is 1.00 bits per heavy atom. The molecule has 0 amide bonds. The van der Waals surface area contributed by atoms with Crippen LogP contribution in [0.5, 0.6) is 0 Å². The zero-order chi connectivity index (χ0) is 30.3. The van der Waals surface area contributed by atoms with Gasteiger partial charge in [0.25, 0.3) is 10.0 Å². The van der Waals surface area contributed by atoms with Crippen molar-refractivity contribution in [3.8, 4) is 5.69 Å². The van der Waals surface area contributed by atoms with Crippen molar-refractivity contribution in [2.24, 2.45) is 0 Å². The number of aryl methyl sites for hydroxylation is 1. The Morgan fingerprint density at radius 2 is 1.74 bits per heavy atom. The summed E-state index contributed by atoms with van der Waals surface area (Å²) in [4.78, 5) is 16.8. The van der Waals surface area contributed by atoms with Crippen molar-refractivity contribution >= 4 is 15.7 Å². The predicted molar refractivity (Wildman–Crippen MR) is 161 cm³/mol. The smallest absolute Gasteiger partial charge is 0.368 e. The van der Waals surface area contributed by atoms with Gasteiger partial charge in [0.2, 0.25) is 0 Å². The normalized spacial score (nSPS) is 15.4. The topological polar surface area (TPSA) is 164 Å². The second-order valence-corrected chi connectivity index (χ2v) is 12.7. The molecule has 0 spiro atoms. The minimum absolute atomic E-state index is 0.0435. The van der Waals surface area contributed by atoms with E-state index in [2.05, 4.69) is 25.4 Å². The van der Waals surface area contributed by atoms with Gasteiger partial charge in [-0.3, -0.25) is 9.71 Å². The molecular weight excluding hydrogens is 570 g/mol. The van der Waals surface area contributed by atoms with E-state index in [0.29, 0.717) is 50.3 Å². The SMILES string of the molecule is O=c1n(CCCC2(O)CCCC2)nnn1-c1ccc(S(=O)(=O)Nc2ccc(CCNC[C@H](O)c3cccnc3)cc2)cc1. The Bertz CT molecular complexity index is 1630. The van der Waals surface area contributed by atoms with Gasteiger partial charge < -0.3 is 15.5 Å². The number of aliphatic hydroxyl groups is 2. The van der Waals surface area contributed by atoms with Gasteiger partial charge in [0.05, 0.1) is 22.3 Å². The Morgan fingerprint density at radius 3 is 2.44 bits per heavy atom. The van der Waals surface area contributed by atoms with E-state index in [-0.39, 0.29) is 4.90 Å². The van der Waals surface area contributed by atoms with E-state index < -0.39 is 27.4 Å².